The minimum Gasteiger partial charge on any atom is -0.456 e. The Kier molecular flexibility index (Phi) is 6.11. The van der Waals surface area contributed by atoms with Crippen molar-refractivity contribution < 1.29 is 23.6 Å². The fraction of sp³-hybridized carbons (Fsp3) is 0.200. The molecule has 2 N–H and O–H groups in total. The number of para-hydroxylation sites is 1. The van der Waals surface area contributed by atoms with Gasteiger partial charge in [-0.2, -0.15) is 0 Å². The average molecular weight is 523 g/mol. The van der Waals surface area contributed by atoms with Crippen molar-refractivity contribution in [1.82, 2.24) is 15.1 Å². The number of hydrogen-bond acceptors (Lipinski definition) is 7. The largest absolute Gasteiger partial charge is 0.456 e. The highest BCUT2D eigenvalue weighted by Gasteiger charge is 2.46. The molecule has 39 heavy (non-hydrogen) atoms. The number of amides is 1. The number of carbonyl (C=O) groups excluding carboxylic acids is 2. The molecule has 0 bridgehead atoms. The molecule has 9 nitrogen and oxygen atoms in total. The van der Waals surface area contributed by atoms with Crippen LogP contribution in [0.4, 0.5) is 10.5 Å². The minimum absolute atomic E-state index is 0.440. The number of fused-ring (bicyclic) bond motifs is 1. The number of ether oxygens (including phenoxy) is 2. The van der Waals surface area contributed by atoms with Crippen LogP contribution in [0, 0.1) is 6.92 Å². The molecule has 1 amide bonds. The molecule has 1 aliphatic rings. The number of nitrogens with one attached hydrogen (secondary N) is 2. The Hall–Kier alpha value is -4.92. The Labute approximate surface area is 224 Å². The van der Waals surface area contributed by atoms with Crippen LogP contribution in [0.3, 0.4) is 0 Å². The van der Waals surface area contributed by atoms with Gasteiger partial charge >= 0.3 is 6.09 Å². The van der Waals surface area contributed by atoms with Gasteiger partial charge in [0.25, 0.3) is 6.47 Å². The number of carbonyl (C=O) groups is 2. The highest BCUT2D eigenvalue weighted by atomic mass is 16.6. The SMILES string of the molecule is Cc1noc(-c2ccc(-c3ccc(C4(OC=O)CC4)cc3)cc2)c1NC(=O)O[C@H](C)c1cccc2[nH]cnc12. The van der Waals surface area contributed by atoms with Crippen LogP contribution < -0.4 is 5.32 Å². The lowest BCUT2D eigenvalue weighted by Crippen LogP contribution is -2.17. The maximum atomic E-state index is 12.8. The Morgan fingerprint density at radius 3 is 2.44 bits per heavy atom. The van der Waals surface area contributed by atoms with Gasteiger partial charge in [0.05, 0.1) is 17.4 Å². The highest BCUT2D eigenvalue weighted by molar-refractivity contribution is 5.91. The van der Waals surface area contributed by atoms with Crippen molar-refractivity contribution in [1.29, 1.82) is 0 Å². The molecule has 0 unspecified atom stereocenters. The van der Waals surface area contributed by atoms with Crippen LogP contribution in [0.2, 0.25) is 0 Å². The zero-order chi connectivity index (χ0) is 27.0. The number of aryl methyl sites for hydroxylation is 1. The van der Waals surface area contributed by atoms with E-state index in [1.165, 1.54) is 0 Å². The van der Waals surface area contributed by atoms with Crippen molar-refractivity contribution in [2.75, 3.05) is 5.32 Å². The Morgan fingerprint density at radius 2 is 1.74 bits per heavy atom. The van der Waals surface area contributed by atoms with Gasteiger partial charge in [-0.1, -0.05) is 65.8 Å². The predicted molar refractivity (Wildman–Crippen MR) is 145 cm³/mol. The lowest BCUT2D eigenvalue weighted by Gasteiger charge is -2.15. The number of imidazole rings is 1. The van der Waals surface area contributed by atoms with Gasteiger partial charge in [-0.15, -0.1) is 0 Å². The molecule has 1 aliphatic carbocycles. The number of rotatable bonds is 8. The first kappa shape index (κ1) is 24.4. The molecule has 1 saturated carbocycles. The monoisotopic (exact) mass is 522 g/mol. The number of H-pyrrole nitrogens is 1. The molecule has 1 atom stereocenters. The summed E-state index contributed by atoms with van der Waals surface area (Å²) in [6, 6.07) is 21.5. The first-order valence-electron chi connectivity index (χ1n) is 12.7. The van der Waals surface area contributed by atoms with E-state index in [2.05, 4.69) is 20.4 Å². The van der Waals surface area contributed by atoms with E-state index in [1.54, 1.807) is 20.2 Å². The predicted octanol–water partition coefficient (Wildman–Crippen LogP) is 6.67. The number of nitrogens with zero attached hydrogens (tertiary/aromatic N) is 2. The van der Waals surface area contributed by atoms with Crippen LogP contribution in [-0.2, 0) is 19.9 Å². The summed E-state index contributed by atoms with van der Waals surface area (Å²) in [7, 11) is 0. The average Bonchev–Trinajstić information content (AvgIpc) is 3.41. The summed E-state index contributed by atoms with van der Waals surface area (Å²) in [5, 5.41) is 6.86. The van der Waals surface area contributed by atoms with Crippen LogP contribution in [0.5, 0.6) is 0 Å². The molecule has 6 rings (SSSR count). The molecule has 3 aromatic carbocycles. The standard InChI is InChI=1S/C30H26N4O5/c1-18-26(33-29(36)38-19(2)24-4-3-5-25-27(24)32-16-31-25)28(39-34-18)22-8-6-20(7-9-22)21-10-12-23(13-11-21)30(14-15-30)37-17-35/h3-13,16-17,19H,14-15H2,1-2H3,(H,31,32)(H,33,36)/t19-/m1/s1. The number of anilines is 1. The zero-order valence-electron chi connectivity index (χ0n) is 21.4. The van der Waals surface area contributed by atoms with E-state index in [9.17, 15) is 9.59 Å². The van der Waals surface area contributed by atoms with Gasteiger partial charge in [-0.3, -0.25) is 10.1 Å². The number of hydrogen-bond donors (Lipinski definition) is 2. The van der Waals surface area contributed by atoms with E-state index >= 15 is 0 Å². The van der Waals surface area contributed by atoms with Crippen LogP contribution in [-0.4, -0.2) is 27.7 Å². The topological polar surface area (TPSA) is 119 Å². The molecular weight excluding hydrogens is 496 g/mol. The molecule has 5 aromatic rings. The number of aromatic amines is 1. The molecule has 1 fully saturated rings. The van der Waals surface area contributed by atoms with Crippen molar-refractivity contribution >= 4 is 29.3 Å². The van der Waals surface area contributed by atoms with E-state index in [4.69, 9.17) is 14.0 Å². The summed E-state index contributed by atoms with van der Waals surface area (Å²) in [5.74, 6) is 0.440. The Balaban J connectivity index is 1.16. The van der Waals surface area contributed by atoms with Crippen LogP contribution >= 0.6 is 0 Å². The van der Waals surface area contributed by atoms with Crippen LogP contribution in [0.1, 0.15) is 42.7 Å². The summed E-state index contributed by atoms with van der Waals surface area (Å²) in [6.07, 6.45) is 2.17. The molecule has 9 heteroatoms. The fourth-order valence-corrected chi connectivity index (χ4v) is 4.85. The fourth-order valence-electron chi connectivity index (χ4n) is 4.85. The summed E-state index contributed by atoms with van der Waals surface area (Å²) >= 11 is 0. The van der Waals surface area contributed by atoms with E-state index in [1.807, 2.05) is 66.7 Å². The van der Waals surface area contributed by atoms with Gasteiger partial charge in [0.1, 0.15) is 23.1 Å². The van der Waals surface area contributed by atoms with Gasteiger partial charge in [0.2, 0.25) is 0 Å². The molecule has 196 valence electrons. The number of benzene rings is 3. The second-order valence-electron chi connectivity index (χ2n) is 9.65. The van der Waals surface area contributed by atoms with Gasteiger partial charge < -0.3 is 19.0 Å². The van der Waals surface area contributed by atoms with Gasteiger partial charge in [-0.25, -0.2) is 9.78 Å². The van der Waals surface area contributed by atoms with Crippen molar-refractivity contribution in [2.24, 2.45) is 0 Å². The summed E-state index contributed by atoms with van der Waals surface area (Å²) in [6.45, 7) is 4.08. The van der Waals surface area contributed by atoms with Gasteiger partial charge in [0.15, 0.2) is 5.76 Å². The quantitative estimate of drug-likeness (QED) is 0.219. The van der Waals surface area contributed by atoms with Crippen molar-refractivity contribution in [3.8, 4) is 22.5 Å². The third-order valence-electron chi connectivity index (χ3n) is 7.16. The third-order valence-corrected chi connectivity index (χ3v) is 7.16. The zero-order valence-corrected chi connectivity index (χ0v) is 21.4. The Morgan fingerprint density at radius 1 is 1.05 bits per heavy atom. The molecular formula is C30H26N4O5. The molecule has 2 heterocycles. The number of aromatic nitrogens is 3. The first-order valence-corrected chi connectivity index (χ1v) is 12.7. The van der Waals surface area contributed by atoms with E-state index in [-0.39, 0.29) is 0 Å². The molecule has 0 radical (unpaired) electrons. The summed E-state index contributed by atoms with van der Waals surface area (Å²) < 4.78 is 16.5. The third kappa shape index (κ3) is 4.63. The normalized spacial score (nSPS) is 14.5. The first-order chi connectivity index (χ1) is 19.0. The van der Waals surface area contributed by atoms with E-state index in [0.29, 0.717) is 23.6 Å². The molecule has 2 aromatic heterocycles. The van der Waals surface area contributed by atoms with Crippen molar-refractivity contribution in [3.05, 3.63) is 89.9 Å². The lowest BCUT2D eigenvalue weighted by atomic mass is 9.99. The van der Waals surface area contributed by atoms with Crippen molar-refractivity contribution in [3.63, 3.8) is 0 Å². The second kappa shape index (κ2) is 9.75. The van der Waals surface area contributed by atoms with Crippen molar-refractivity contribution in [2.45, 2.75) is 38.4 Å². The van der Waals surface area contributed by atoms with E-state index in [0.717, 1.165) is 51.7 Å². The lowest BCUT2D eigenvalue weighted by molar-refractivity contribution is -0.136. The maximum absolute atomic E-state index is 12.8. The summed E-state index contributed by atoms with van der Waals surface area (Å²) in [5.41, 5.74) is 6.78. The van der Waals surface area contributed by atoms with Gasteiger partial charge in [-0.05, 0) is 49.4 Å². The van der Waals surface area contributed by atoms with Gasteiger partial charge in [0, 0.05) is 11.1 Å². The van der Waals surface area contributed by atoms with Crippen LogP contribution in [0.15, 0.2) is 77.6 Å². The highest BCUT2D eigenvalue weighted by Crippen LogP contribution is 2.49. The molecule has 0 aliphatic heterocycles. The minimum atomic E-state index is -0.619. The Bertz CT molecular complexity index is 1650. The molecule has 0 saturated heterocycles. The summed E-state index contributed by atoms with van der Waals surface area (Å²) in [4.78, 5) is 31.1. The second-order valence-corrected chi connectivity index (χ2v) is 9.65. The maximum Gasteiger partial charge on any atom is 0.412 e. The molecule has 0 spiro atoms. The van der Waals surface area contributed by atoms with Crippen LogP contribution in [0.25, 0.3) is 33.5 Å². The smallest absolute Gasteiger partial charge is 0.412 e. The van der Waals surface area contributed by atoms with E-state index < -0.39 is 17.8 Å².